The molecule has 0 bridgehead atoms. The van der Waals surface area contributed by atoms with Crippen molar-refractivity contribution in [1.29, 1.82) is 0 Å². The smallest absolute Gasteiger partial charge is 0.242 e. The summed E-state index contributed by atoms with van der Waals surface area (Å²) in [7, 11) is -4.02. The second-order valence-electron chi connectivity index (χ2n) is 5.37. The van der Waals surface area contributed by atoms with Crippen molar-refractivity contribution in [2.24, 2.45) is 0 Å². The molecule has 0 fully saturated rings. The number of halogens is 3. The first-order chi connectivity index (χ1) is 11.6. The molecule has 2 N–H and O–H groups in total. The van der Waals surface area contributed by atoms with Gasteiger partial charge in [0.25, 0.3) is 0 Å². The predicted molar refractivity (Wildman–Crippen MR) is 101 cm³/mol. The number of sulfonamides is 1. The van der Waals surface area contributed by atoms with E-state index >= 15 is 0 Å². The van der Waals surface area contributed by atoms with E-state index in [9.17, 15) is 13.2 Å². The zero-order valence-corrected chi connectivity index (χ0v) is 16.4. The predicted octanol–water partition coefficient (Wildman–Crippen LogP) is 4.26. The Bertz CT molecular complexity index is 917. The number of hydrogen-bond acceptors (Lipinski definition) is 3. The minimum Gasteiger partial charge on any atom is -0.324 e. The van der Waals surface area contributed by atoms with Gasteiger partial charge in [0.2, 0.25) is 15.9 Å². The molecule has 0 heterocycles. The first kappa shape index (κ1) is 20.0. The molecule has 0 aliphatic rings. The molecule has 25 heavy (non-hydrogen) atoms. The Morgan fingerprint density at radius 2 is 1.64 bits per heavy atom. The van der Waals surface area contributed by atoms with Gasteiger partial charge >= 0.3 is 0 Å². The van der Waals surface area contributed by atoms with Gasteiger partial charge in [0.05, 0.1) is 11.1 Å². The van der Waals surface area contributed by atoms with Gasteiger partial charge in [-0.1, -0.05) is 34.8 Å². The lowest BCUT2D eigenvalue weighted by molar-refractivity contribution is -0.117. The Kier molecular flexibility index (Phi) is 6.35. The quantitative estimate of drug-likeness (QED) is 0.757. The molecule has 134 valence electrons. The molecule has 0 saturated carbocycles. The van der Waals surface area contributed by atoms with Crippen molar-refractivity contribution in [3.63, 3.8) is 0 Å². The fourth-order valence-corrected chi connectivity index (χ4v) is 4.23. The molecular weight excluding hydrogens is 407 g/mol. The summed E-state index contributed by atoms with van der Waals surface area (Å²) in [5.74, 6) is -0.521. The van der Waals surface area contributed by atoms with Gasteiger partial charge in [-0.05, 0) is 55.8 Å². The number of benzene rings is 2. The van der Waals surface area contributed by atoms with Crippen molar-refractivity contribution in [2.75, 3.05) is 5.32 Å². The summed E-state index contributed by atoms with van der Waals surface area (Å²) in [5, 5.41) is 3.43. The van der Waals surface area contributed by atoms with Crippen LogP contribution in [0.15, 0.2) is 41.3 Å². The summed E-state index contributed by atoms with van der Waals surface area (Å²) in [5.41, 5.74) is 1.30. The molecule has 0 radical (unpaired) electrons. The van der Waals surface area contributed by atoms with E-state index in [-0.39, 0.29) is 14.9 Å². The number of nitrogens with one attached hydrogen (secondary N) is 2. The third-order valence-corrected chi connectivity index (χ3v) is 5.85. The maximum atomic E-state index is 12.4. The summed E-state index contributed by atoms with van der Waals surface area (Å²) >= 11 is 17.6. The zero-order chi connectivity index (χ0) is 18.8. The number of carbonyl (C=O) groups excluding carboxylic acids is 1. The van der Waals surface area contributed by atoms with E-state index in [1.807, 2.05) is 0 Å². The van der Waals surface area contributed by atoms with Crippen LogP contribution in [-0.2, 0) is 14.8 Å². The van der Waals surface area contributed by atoms with Gasteiger partial charge < -0.3 is 5.32 Å². The molecule has 2 rings (SSSR count). The van der Waals surface area contributed by atoms with Gasteiger partial charge in [-0.2, -0.15) is 4.72 Å². The highest BCUT2D eigenvalue weighted by atomic mass is 35.5. The number of aryl methyl sites for hydroxylation is 1. The fourth-order valence-electron chi connectivity index (χ4n) is 2.04. The highest BCUT2D eigenvalue weighted by molar-refractivity contribution is 7.89. The number of rotatable bonds is 5. The summed E-state index contributed by atoms with van der Waals surface area (Å²) in [6.07, 6.45) is 0. The van der Waals surface area contributed by atoms with Crippen LogP contribution >= 0.6 is 34.8 Å². The Morgan fingerprint density at radius 1 is 1.04 bits per heavy atom. The van der Waals surface area contributed by atoms with Crippen molar-refractivity contribution in [3.05, 3.63) is 57.0 Å². The van der Waals surface area contributed by atoms with Crippen LogP contribution in [0.1, 0.15) is 12.5 Å². The number of carbonyl (C=O) groups is 1. The van der Waals surface area contributed by atoms with Gasteiger partial charge in [0.15, 0.2) is 0 Å². The van der Waals surface area contributed by atoms with E-state index in [0.717, 1.165) is 5.56 Å². The second-order valence-corrected chi connectivity index (χ2v) is 8.33. The molecule has 0 spiro atoms. The van der Waals surface area contributed by atoms with E-state index < -0.39 is 22.0 Å². The Balaban J connectivity index is 2.16. The first-order valence-electron chi connectivity index (χ1n) is 7.14. The minimum absolute atomic E-state index is 0.0121. The topological polar surface area (TPSA) is 75.3 Å². The highest BCUT2D eigenvalue weighted by Crippen LogP contribution is 2.25. The lowest BCUT2D eigenvalue weighted by Gasteiger charge is -2.16. The summed E-state index contributed by atoms with van der Waals surface area (Å²) in [6.45, 7) is 3.21. The van der Waals surface area contributed by atoms with Crippen LogP contribution in [-0.4, -0.2) is 20.4 Å². The molecule has 1 unspecified atom stereocenters. The molecule has 1 atom stereocenters. The van der Waals surface area contributed by atoms with E-state index in [1.54, 1.807) is 25.1 Å². The second kappa shape index (κ2) is 7.93. The molecule has 0 aliphatic heterocycles. The molecule has 0 saturated heterocycles. The van der Waals surface area contributed by atoms with Crippen LogP contribution in [0, 0.1) is 6.92 Å². The maximum absolute atomic E-state index is 12.4. The van der Waals surface area contributed by atoms with Crippen molar-refractivity contribution in [1.82, 2.24) is 4.72 Å². The van der Waals surface area contributed by atoms with Gasteiger partial charge in [0, 0.05) is 15.7 Å². The molecule has 0 aromatic heterocycles. The van der Waals surface area contributed by atoms with Crippen molar-refractivity contribution >= 4 is 56.4 Å². The summed E-state index contributed by atoms with van der Waals surface area (Å²) in [4.78, 5) is 12.1. The third kappa shape index (κ3) is 5.09. The summed E-state index contributed by atoms with van der Waals surface area (Å²) < 4.78 is 27.1. The van der Waals surface area contributed by atoms with E-state index in [0.29, 0.717) is 10.7 Å². The molecule has 1 amide bonds. The minimum atomic E-state index is -4.02. The van der Waals surface area contributed by atoms with Gasteiger partial charge in [-0.25, -0.2) is 8.42 Å². The lowest BCUT2D eigenvalue weighted by atomic mass is 10.2. The monoisotopic (exact) mass is 420 g/mol. The highest BCUT2D eigenvalue weighted by Gasteiger charge is 2.24. The zero-order valence-electron chi connectivity index (χ0n) is 13.3. The van der Waals surface area contributed by atoms with Crippen molar-refractivity contribution in [2.45, 2.75) is 24.8 Å². The molecule has 2 aromatic carbocycles. The van der Waals surface area contributed by atoms with Crippen LogP contribution in [0.2, 0.25) is 15.1 Å². The molecule has 0 aliphatic carbocycles. The molecule has 5 nitrogen and oxygen atoms in total. The first-order valence-corrected chi connectivity index (χ1v) is 9.76. The fraction of sp³-hybridized carbons (Fsp3) is 0.188. The lowest BCUT2D eigenvalue weighted by Crippen LogP contribution is -2.41. The Morgan fingerprint density at radius 3 is 2.28 bits per heavy atom. The van der Waals surface area contributed by atoms with Crippen LogP contribution in [0.4, 0.5) is 5.69 Å². The normalized spacial score (nSPS) is 12.7. The Hall–Kier alpha value is -1.31. The van der Waals surface area contributed by atoms with Crippen LogP contribution in [0.5, 0.6) is 0 Å². The average Bonchev–Trinajstić information content (AvgIpc) is 2.51. The van der Waals surface area contributed by atoms with Crippen LogP contribution in [0.25, 0.3) is 0 Å². The molecule has 2 aromatic rings. The van der Waals surface area contributed by atoms with Crippen LogP contribution < -0.4 is 10.0 Å². The van der Waals surface area contributed by atoms with Crippen molar-refractivity contribution < 1.29 is 13.2 Å². The number of anilines is 1. The summed E-state index contributed by atoms with van der Waals surface area (Å²) in [6, 6.07) is 8.01. The average molecular weight is 422 g/mol. The Labute approximate surface area is 161 Å². The number of amides is 1. The van der Waals surface area contributed by atoms with Gasteiger partial charge in [0.1, 0.15) is 4.90 Å². The SMILES string of the molecule is Cc1cc(Cl)ccc1NC(=O)C(C)NS(=O)(=O)c1cc(Cl)ccc1Cl. The van der Waals surface area contributed by atoms with Gasteiger partial charge in [-0.15, -0.1) is 0 Å². The third-order valence-electron chi connectivity index (χ3n) is 3.35. The maximum Gasteiger partial charge on any atom is 0.242 e. The van der Waals surface area contributed by atoms with Gasteiger partial charge in [-0.3, -0.25) is 4.79 Å². The molecular formula is C16H15Cl3N2O3S. The molecule has 9 heteroatoms. The van der Waals surface area contributed by atoms with E-state index in [1.165, 1.54) is 25.1 Å². The largest absolute Gasteiger partial charge is 0.324 e. The van der Waals surface area contributed by atoms with Crippen molar-refractivity contribution in [3.8, 4) is 0 Å². The standard InChI is InChI=1S/C16H15Cl3N2O3S/c1-9-7-11(17)4-6-14(9)20-16(22)10(2)21-25(23,24)15-8-12(18)3-5-13(15)19/h3-8,10,21H,1-2H3,(H,20,22). The van der Waals surface area contributed by atoms with E-state index in [2.05, 4.69) is 10.0 Å². The van der Waals surface area contributed by atoms with E-state index in [4.69, 9.17) is 34.8 Å². The van der Waals surface area contributed by atoms with Crippen LogP contribution in [0.3, 0.4) is 0 Å². The number of hydrogen-bond donors (Lipinski definition) is 2.